The summed E-state index contributed by atoms with van der Waals surface area (Å²) in [4.78, 5) is 24.9. The molecule has 0 aliphatic carbocycles. The summed E-state index contributed by atoms with van der Waals surface area (Å²) in [5.41, 5.74) is 0.933. The Kier molecular flexibility index (Phi) is 5.79. The van der Waals surface area contributed by atoms with Crippen LogP contribution >= 0.6 is 28.1 Å². The highest BCUT2D eigenvalue weighted by atomic mass is 79.9. The molecular formula is C15H15BrN2O5S. The van der Waals surface area contributed by atoms with E-state index in [1.54, 1.807) is 18.2 Å². The summed E-state index contributed by atoms with van der Waals surface area (Å²) in [6, 6.07) is 3.45. The second kappa shape index (κ2) is 7.63. The lowest BCUT2D eigenvalue weighted by atomic mass is 10.1. The molecule has 9 heteroatoms. The zero-order valence-electron chi connectivity index (χ0n) is 13.2. The maximum Gasteiger partial charge on any atom is 0.325 e. The van der Waals surface area contributed by atoms with Crippen molar-refractivity contribution in [2.45, 2.75) is 0 Å². The molecule has 1 heterocycles. The van der Waals surface area contributed by atoms with E-state index in [0.29, 0.717) is 21.5 Å². The van der Waals surface area contributed by atoms with Crippen LogP contribution < -0.4 is 14.8 Å². The molecule has 0 bridgehead atoms. The van der Waals surface area contributed by atoms with Gasteiger partial charge in [-0.2, -0.15) is 0 Å². The van der Waals surface area contributed by atoms with Gasteiger partial charge in [-0.05, 0) is 36.0 Å². The van der Waals surface area contributed by atoms with Crippen molar-refractivity contribution in [2.75, 3.05) is 27.9 Å². The topological polar surface area (TPSA) is 77.1 Å². The van der Waals surface area contributed by atoms with Crippen LogP contribution in [-0.4, -0.2) is 49.8 Å². The van der Waals surface area contributed by atoms with Crippen molar-refractivity contribution in [2.24, 2.45) is 0 Å². The lowest BCUT2D eigenvalue weighted by molar-refractivity contribution is -0.143. The quantitative estimate of drug-likeness (QED) is 0.446. The van der Waals surface area contributed by atoms with Crippen LogP contribution in [0.3, 0.4) is 0 Å². The average Bonchev–Trinajstić information content (AvgIpc) is 2.83. The number of nitrogens with zero attached hydrogens (tertiary/aromatic N) is 1. The van der Waals surface area contributed by atoms with Crippen LogP contribution in [0.1, 0.15) is 5.56 Å². The molecule has 0 unspecified atom stereocenters. The summed E-state index contributed by atoms with van der Waals surface area (Å²) in [7, 11) is 4.30. The number of thiocarbonyl (C=S) groups is 1. The van der Waals surface area contributed by atoms with E-state index >= 15 is 0 Å². The van der Waals surface area contributed by atoms with Gasteiger partial charge in [0.2, 0.25) is 0 Å². The highest BCUT2D eigenvalue weighted by molar-refractivity contribution is 9.10. The molecule has 128 valence electrons. The summed E-state index contributed by atoms with van der Waals surface area (Å²) >= 11 is 8.51. The molecule has 7 nitrogen and oxygen atoms in total. The Hall–Kier alpha value is -2.13. The number of rotatable bonds is 5. The van der Waals surface area contributed by atoms with E-state index in [1.165, 1.54) is 21.3 Å². The van der Waals surface area contributed by atoms with Crippen molar-refractivity contribution in [3.63, 3.8) is 0 Å². The Labute approximate surface area is 152 Å². The van der Waals surface area contributed by atoms with Crippen molar-refractivity contribution in [3.8, 4) is 11.5 Å². The van der Waals surface area contributed by atoms with Crippen molar-refractivity contribution in [3.05, 3.63) is 27.9 Å². The van der Waals surface area contributed by atoms with Crippen LogP contribution in [0.15, 0.2) is 22.3 Å². The number of ether oxygens (including phenoxy) is 3. The van der Waals surface area contributed by atoms with E-state index in [9.17, 15) is 9.59 Å². The van der Waals surface area contributed by atoms with Gasteiger partial charge in [0.25, 0.3) is 5.91 Å². The van der Waals surface area contributed by atoms with Crippen molar-refractivity contribution in [1.29, 1.82) is 0 Å². The SMILES string of the molecule is COC(=O)CN1C(=O)/C(=C/c2cc(OC)c(OC)cc2Br)NC1=S. The Morgan fingerprint density at radius 2 is 1.92 bits per heavy atom. The van der Waals surface area contributed by atoms with E-state index in [4.69, 9.17) is 21.7 Å². The van der Waals surface area contributed by atoms with Gasteiger partial charge in [0.15, 0.2) is 16.6 Å². The van der Waals surface area contributed by atoms with E-state index < -0.39 is 11.9 Å². The molecule has 2 rings (SSSR count). The largest absolute Gasteiger partial charge is 0.493 e. The molecule has 0 atom stereocenters. The Morgan fingerprint density at radius 3 is 2.50 bits per heavy atom. The number of nitrogens with one attached hydrogen (secondary N) is 1. The third-order valence-electron chi connectivity index (χ3n) is 3.28. The lowest BCUT2D eigenvalue weighted by Gasteiger charge is -2.11. The fourth-order valence-corrected chi connectivity index (χ4v) is 2.74. The first-order chi connectivity index (χ1) is 11.4. The van der Waals surface area contributed by atoms with E-state index in [2.05, 4.69) is 26.0 Å². The van der Waals surface area contributed by atoms with Crippen molar-refractivity contribution >= 4 is 51.2 Å². The van der Waals surface area contributed by atoms with Crippen LogP contribution in [0.4, 0.5) is 0 Å². The molecule has 0 spiro atoms. The van der Waals surface area contributed by atoms with Crippen molar-refractivity contribution in [1.82, 2.24) is 10.2 Å². The van der Waals surface area contributed by atoms with Crippen LogP contribution in [0.25, 0.3) is 6.08 Å². The predicted molar refractivity (Wildman–Crippen MR) is 94.7 cm³/mol. The Balaban J connectivity index is 2.34. The fourth-order valence-electron chi connectivity index (χ4n) is 2.04. The van der Waals surface area contributed by atoms with Crippen LogP contribution in [-0.2, 0) is 14.3 Å². The summed E-state index contributed by atoms with van der Waals surface area (Å²) < 4.78 is 15.7. The molecule has 1 aliphatic rings. The number of hydrogen-bond donors (Lipinski definition) is 1. The first-order valence-electron chi connectivity index (χ1n) is 6.74. The van der Waals surface area contributed by atoms with Gasteiger partial charge < -0.3 is 19.5 Å². The number of benzene rings is 1. The monoisotopic (exact) mass is 414 g/mol. The fraction of sp³-hybridized carbons (Fsp3) is 0.267. The second-order valence-electron chi connectivity index (χ2n) is 4.68. The predicted octanol–water partition coefficient (Wildman–Crippen LogP) is 1.70. The number of hydrogen-bond acceptors (Lipinski definition) is 6. The van der Waals surface area contributed by atoms with Crippen LogP contribution in [0, 0.1) is 0 Å². The highest BCUT2D eigenvalue weighted by Crippen LogP contribution is 2.34. The zero-order valence-corrected chi connectivity index (χ0v) is 15.6. The van der Waals surface area contributed by atoms with Gasteiger partial charge in [-0.25, -0.2) is 0 Å². The number of methoxy groups -OCH3 is 3. The number of amides is 1. The second-order valence-corrected chi connectivity index (χ2v) is 5.93. The van der Waals surface area contributed by atoms with E-state index in [0.717, 1.165) is 4.90 Å². The summed E-state index contributed by atoms with van der Waals surface area (Å²) in [5.74, 6) is 0.111. The third-order valence-corrected chi connectivity index (χ3v) is 4.29. The number of carbonyl (C=O) groups excluding carboxylic acids is 2. The molecule has 1 aromatic carbocycles. The molecule has 1 aliphatic heterocycles. The van der Waals surface area contributed by atoms with Gasteiger partial charge in [-0.1, -0.05) is 15.9 Å². The summed E-state index contributed by atoms with van der Waals surface area (Å²) in [5, 5.41) is 2.94. The Bertz CT molecular complexity index is 735. The van der Waals surface area contributed by atoms with E-state index in [-0.39, 0.29) is 17.4 Å². The molecule has 1 saturated heterocycles. The van der Waals surface area contributed by atoms with Crippen LogP contribution in [0.2, 0.25) is 0 Å². The van der Waals surface area contributed by atoms with Gasteiger partial charge in [0, 0.05) is 4.47 Å². The molecule has 0 saturated carbocycles. The summed E-state index contributed by atoms with van der Waals surface area (Å²) in [6.45, 7) is -0.244. The zero-order chi connectivity index (χ0) is 17.9. The van der Waals surface area contributed by atoms with Gasteiger partial charge in [0.05, 0.1) is 21.3 Å². The molecule has 0 radical (unpaired) electrons. The molecule has 24 heavy (non-hydrogen) atoms. The smallest absolute Gasteiger partial charge is 0.325 e. The lowest BCUT2D eigenvalue weighted by Crippen LogP contribution is -2.35. The summed E-state index contributed by atoms with van der Waals surface area (Å²) in [6.07, 6.45) is 1.61. The van der Waals surface area contributed by atoms with Gasteiger partial charge in [-0.15, -0.1) is 0 Å². The highest BCUT2D eigenvalue weighted by Gasteiger charge is 2.32. The Morgan fingerprint density at radius 1 is 1.29 bits per heavy atom. The normalized spacial score (nSPS) is 15.5. The van der Waals surface area contributed by atoms with E-state index in [1.807, 2.05) is 0 Å². The molecule has 1 amide bonds. The minimum Gasteiger partial charge on any atom is -0.493 e. The average molecular weight is 415 g/mol. The molecule has 1 N–H and O–H groups in total. The van der Waals surface area contributed by atoms with Gasteiger partial charge >= 0.3 is 5.97 Å². The maximum absolute atomic E-state index is 12.4. The standard InChI is InChI=1S/C15H15BrN2O5S/c1-21-11-5-8(9(16)6-12(11)22-2)4-10-14(20)18(15(24)17-10)7-13(19)23-3/h4-6H,7H2,1-3H3,(H,17,24)/b10-4-. The first kappa shape index (κ1) is 18.2. The molecule has 1 fully saturated rings. The molecule has 0 aromatic heterocycles. The molecule has 1 aromatic rings. The number of halogens is 1. The van der Waals surface area contributed by atoms with Crippen LogP contribution in [0.5, 0.6) is 11.5 Å². The van der Waals surface area contributed by atoms with Gasteiger partial charge in [0.1, 0.15) is 12.2 Å². The number of esters is 1. The minimum absolute atomic E-state index is 0.147. The first-order valence-corrected chi connectivity index (χ1v) is 7.94. The number of carbonyl (C=O) groups is 2. The maximum atomic E-state index is 12.4. The van der Waals surface area contributed by atoms with Gasteiger partial charge in [-0.3, -0.25) is 14.5 Å². The minimum atomic E-state index is -0.555. The van der Waals surface area contributed by atoms with Crippen molar-refractivity contribution < 1.29 is 23.8 Å². The third kappa shape index (κ3) is 3.68. The molecular weight excluding hydrogens is 400 g/mol.